The molecule has 17 heavy (non-hydrogen) atoms. The van der Waals surface area contributed by atoms with Gasteiger partial charge in [-0.1, -0.05) is 20.4 Å². The van der Waals surface area contributed by atoms with Crippen molar-refractivity contribution < 1.29 is 24.2 Å². The van der Waals surface area contributed by atoms with Crippen molar-refractivity contribution >= 4 is 11.9 Å². The van der Waals surface area contributed by atoms with E-state index in [0.717, 1.165) is 0 Å². The molecule has 5 heteroatoms. The van der Waals surface area contributed by atoms with Crippen molar-refractivity contribution in [2.24, 2.45) is 5.92 Å². The molecule has 0 saturated heterocycles. The van der Waals surface area contributed by atoms with Gasteiger partial charge in [-0.25, -0.2) is 4.79 Å². The average Bonchev–Trinajstić information content (AvgIpc) is 2.23. The van der Waals surface area contributed by atoms with E-state index in [0.29, 0.717) is 0 Å². The first-order chi connectivity index (χ1) is 7.81. The molecule has 5 nitrogen and oxygen atoms in total. The fraction of sp³-hybridized carbons (Fsp3) is 0.667. The number of hydrogen-bond acceptors (Lipinski definition) is 5. The van der Waals surface area contributed by atoms with Crippen LogP contribution in [0.3, 0.4) is 0 Å². The predicted octanol–water partition coefficient (Wildman–Crippen LogP) is 1.05. The van der Waals surface area contributed by atoms with Gasteiger partial charge in [-0.2, -0.15) is 0 Å². The molecule has 0 aliphatic carbocycles. The van der Waals surface area contributed by atoms with Gasteiger partial charge in [-0.05, 0) is 12.8 Å². The molecule has 0 aromatic carbocycles. The van der Waals surface area contributed by atoms with E-state index in [2.05, 4.69) is 6.58 Å². The molecule has 0 aliphatic rings. The first-order valence-corrected chi connectivity index (χ1v) is 5.52. The van der Waals surface area contributed by atoms with Crippen LogP contribution in [0.15, 0.2) is 12.2 Å². The Bertz CT molecular complexity index is 295. The Kier molecular flexibility index (Phi) is 6.50. The lowest BCUT2D eigenvalue weighted by Gasteiger charge is -2.26. The van der Waals surface area contributed by atoms with Crippen LogP contribution < -0.4 is 0 Å². The molecule has 1 N–H and O–H groups in total. The summed E-state index contributed by atoms with van der Waals surface area (Å²) in [6.07, 6.45) is -2.05. The molecule has 0 aromatic rings. The minimum Gasteiger partial charge on any atom is -0.463 e. The minimum atomic E-state index is -1.25. The smallest absolute Gasteiger partial charge is 0.336 e. The van der Waals surface area contributed by atoms with Crippen LogP contribution in [-0.2, 0) is 19.1 Å². The zero-order valence-corrected chi connectivity index (χ0v) is 10.7. The number of esters is 2. The molecule has 0 amide bonds. The van der Waals surface area contributed by atoms with Gasteiger partial charge in [-0.15, -0.1) is 0 Å². The Morgan fingerprint density at radius 1 is 1.35 bits per heavy atom. The summed E-state index contributed by atoms with van der Waals surface area (Å²) >= 11 is 0. The first kappa shape index (κ1) is 15.6. The van der Waals surface area contributed by atoms with Gasteiger partial charge in [0.25, 0.3) is 0 Å². The van der Waals surface area contributed by atoms with E-state index in [1.807, 2.05) is 0 Å². The van der Waals surface area contributed by atoms with Crippen LogP contribution in [0.4, 0.5) is 0 Å². The molecule has 0 rings (SSSR count). The normalized spacial score (nSPS) is 14.0. The second-order valence-electron chi connectivity index (χ2n) is 4.01. The van der Waals surface area contributed by atoms with Crippen molar-refractivity contribution in [3.63, 3.8) is 0 Å². The number of hydrogen-bond donors (Lipinski definition) is 1. The molecule has 2 atom stereocenters. The monoisotopic (exact) mass is 244 g/mol. The van der Waals surface area contributed by atoms with Crippen LogP contribution in [0, 0.1) is 5.92 Å². The zero-order valence-electron chi connectivity index (χ0n) is 10.7. The first-order valence-electron chi connectivity index (χ1n) is 5.52. The third-order valence-electron chi connectivity index (χ3n) is 2.16. The third kappa shape index (κ3) is 4.99. The summed E-state index contributed by atoms with van der Waals surface area (Å²) in [6, 6.07) is 0. The summed E-state index contributed by atoms with van der Waals surface area (Å²) in [5.74, 6) is -1.34. The van der Waals surface area contributed by atoms with Gasteiger partial charge in [0.1, 0.15) is 12.2 Å². The Labute approximate surface area is 101 Å². The molecule has 0 heterocycles. The Morgan fingerprint density at radius 2 is 1.88 bits per heavy atom. The van der Waals surface area contributed by atoms with E-state index >= 15 is 0 Å². The standard InChI is InChI=1S/C12H20O5/c1-6-16-12(15)8(4)10(14)11(7(2)3)17-9(5)13/h7,10-11,14H,4,6H2,1-3,5H3. The van der Waals surface area contributed by atoms with Crippen LogP contribution in [0.1, 0.15) is 27.7 Å². The second kappa shape index (κ2) is 7.06. The van der Waals surface area contributed by atoms with Crippen LogP contribution in [-0.4, -0.2) is 35.9 Å². The maximum Gasteiger partial charge on any atom is 0.336 e. The minimum absolute atomic E-state index is 0.105. The van der Waals surface area contributed by atoms with Gasteiger partial charge in [0, 0.05) is 6.92 Å². The summed E-state index contributed by atoms with van der Waals surface area (Å²) in [6.45, 7) is 10.1. The van der Waals surface area contributed by atoms with Crippen molar-refractivity contribution in [3.8, 4) is 0 Å². The SMILES string of the molecule is C=C(C(=O)OCC)C(O)C(OC(C)=O)C(C)C. The molecule has 0 fully saturated rings. The Balaban J connectivity index is 4.71. The van der Waals surface area contributed by atoms with Crippen molar-refractivity contribution in [2.75, 3.05) is 6.61 Å². The van der Waals surface area contributed by atoms with E-state index in [-0.39, 0.29) is 18.1 Å². The highest BCUT2D eigenvalue weighted by Gasteiger charge is 2.31. The van der Waals surface area contributed by atoms with Crippen molar-refractivity contribution in [1.82, 2.24) is 0 Å². The van der Waals surface area contributed by atoms with E-state index in [9.17, 15) is 14.7 Å². The number of rotatable bonds is 6. The number of carbonyl (C=O) groups is 2. The number of ether oxygens (including phenoxy) is 2. The summed E-state index contributed by atoms with van der Waals surface area (Å²) < 4.78 is 9.69. The highest BCUT2D eigenvalue weighted by atomic mass is 16.6. The van der Waals surface area contributed by atoms with Crippen LogP contribution >= 0.6 is 0 Å². The Morgan fingerprint density at radius 3 is 2.24 bits per heavy atom. The average molecular weight is 244 g/mol. The van der Waals surface area contributed by atoms with E-state index in [1.165, 1.54) is 6.92 Å². The van der Waals surface area contributed by atoms with Gasteiger partial charge in [0.05, 0.1) is 12.2 Å². The Hall–Kier alpha value is -1.36. The molecule has 98 valence electrons. The van der Waals surface area contributed by atoms with Crippen LogP contribution in [0.2, 0.25) is 0 Å². The van der Waals surface area contributed by atoms with Crippen molar-refractivity contribution in [3.05, 3.63) is 12.2 Å². The van der Waals surface area contributed by atoms with Gasteiger partial charge >= 0.3 is 11.9 Å². The van der Waals surface area contributed by atoms with E-state index < -0.39 is 24.1 Å². The van der Waals surface area contributed by atoms with Crippen LogP contribution in [0.5, 0.6) is 0 Å². The van der Waals surface area contributed by atoms with Crippen molar-refractivity contribution in [1.29, 1.82) is 0 Å². The molecule has 0 radical (unpaired) electrons. The summed E-state index contributed by atoms with van der Waals surface area (Å²) in [5.41, 5.74) is -0.105. The second-order valence-corrected chi connectivity index (χ2v) is 4.01. The fourth-order valence-electron chi connectivity index (χ4n) is 1.30. The number of aliphatic hydroxyl groups is 1. The highest BCUT2D eigenvalue weighted by molar-refractivity contribution is 5.89. The molecule has 0 spiro atoms. The lowest BCUT2D eigenvalue weighted by atomic mass is 9.96. The molecule has 2 unspecified atom stereocenters. The number of aliphatic hydroxyl groups excluding tert-OH is 1. The van der Waals surface area contributed by atoms with Gasteiger partial charge in [0.2, 0.25) is 0 Å². The maximum absolute atomic E-state index is 11.4. The highest BCUT2D eigenvalue weighted by Crippen LogP contribution is 2.17. The van der Waals surface area contributed by atoms with Crippen molar-refractivity contribution in [2.45, 2.75) is 39.9 Å². The van der Waals surface area contributed by atoms with Crippen LogP contribution in [0.25, 0.3) is 0 Å². The molecular weight excluding hydrogens is 224 g/mol. The van der Waals surface area contributed by atoms with Gasteiger partial charge < -0.3 is 14.6 Å². The lowest BCUT2D eigenvalue weighted by Crippen LogP contribution is -2.38. The topological polar surface area (TPSA) is 72.8 Å². The predicted molar refractivity (Wildman–Crippen MR) is 62.2 cm³/mol. The summed E-state index contributed by atoms with van der Waals surface area (Å²) in [7, 11) is 0. The summed E-state index contributed by atoms with van der Waals surface area (Å²) in [5, 5.41) is 9.92. The molecule has 0 aromatic heterocycles. The summed E-state index contributed by atoms with van der Waals surface area (Å²) in [4.78, 5) is 22.3. The molecule has 0 bridgehead atoms. The molecule has 0 aliphatic heterocycles. The number of carbonyl (C=O) groups excluding carboxylic acids is 2. The third-order valence-corrected chi connectivity index (χ3v) is 2.16. The molecule has 0 saturated carbocycles. The van der Waals surface area contributed by atoms with E-state index in [1.54, 1.807) is 20.8 Å². The lowest BCUT2D eigenvalue weighted by molar-refractivity contribution is -0.156. The largest absolute Gasteiger partial charge is 0.463 e. The van der Waals surface area contributed by atoms with E-state index in [4.69, 9.17) is 9.47 Å². The maximum atomic E-state index is 11.4. The van der Waals surface area contributed by atoms with Gasteiger partial charge in [0.15, 0.2) is 0 Å². The van der Waals surface area contributed by atoms with Gasteiger partial charge in [-0.3, -0.25) is 4.79 Å². The quantitative estimate of drug-likeness (QED) is 0.558. The fourth-order valence-corrected chi connectivity index (χ4v) is 1.30. The zero-order chi connectivity index (χ0) is 13.6. The molecular formula is C12H20O5.